The van der Waals surface area contributed by atoms with Crippen LogP contribution < -0.4 is 10.4 Å². The number of carboxylic acid groups (broad SMARTS) is 1. The minimum absolute atomic E-state index is 0.195. The van der Waals surface area contributed by atoms with Crippen molar-refractivity contribution in [1.29, 1.82) is 0 Å². The summed E-state index contributed by atoms with van der Waals surface area (Å²) in [6, 6.07) is 3.81. The van der Waals surface area contributed by atoms with E-state index in [1.54, 1.807) is 0 Å². The standard InChI is InChI=1S/C12H10F3NO3/c1-7(17)16-10(11(18)19)6-8-2-4-9(5-3-8)12(13,14)15/h2-6H,1H3,(H,16,17)(H,18,19)/p-1. The van der Waals surface area contributed by atoms with Crippen molar-refractivity contribution in [2.45, 2.75) is 13.1 Å². The fourth-order valence-corrected chi connectivity index (χ4v) is 1.27. The summed E-state index contributed by atoms with van der Waals surface area (Å²) in [5.41, 5.74) is -1.17. The summed E-state index contributed by atoms with van der Waals surface area (Å²) < 4.78 is 36.9. The van der Waals surface area contributed by atoms with E-state index in [9.17, 15) is 27.9 Å². The Kier molecular flexibility index (Phi) is 4.31. The molecular weight excluding hydrogens is 263 g/mol. The van der Waals surface area contributed by atoms with Gasteiger partial charge in [-0.25, -0.2) is 0 Å². The van der Waals surface area contributed by atoms with E-state index in [0.29, 0.717) is 0 Å². The van der Waals surface area contributed by atoms with Crippen LogP contribution in [0.4, 0.5) is 13.2 Å². The Bertz CT molecular complexity index is 518. The van der Waals surface area contributed by atoms with E-state index in [-0.39, 0.29) is 5.56 Å². The number of rotatable bonds is 3. The fraction of sp³-hybridized carbons (Fsp3) is 0.167. The SMILES string of the molecule is CC(=O)NC(=Cc1ccc(C(F)(F)F)cc1)C(=O)[O-]. The Balaban J connectivity index is 3.03. The molecule has 4 nitrogen and oxygen atoms in total. The monoisotopic (exact) mass is 272 g/mol. The number of carboxylic acids is 1. The molecule has 0 spiro atoms. The third-order valence-electron chi connectivity index (χ3n) is 2.08. The Hall–Kier alpha value is -2.31. The van der Waals surface area contributed by atoms with Crippen LogP contribution in [-0.2, 0) is 15.8 Å². The predicted octanol–water partition coefficient (Wildman–Crippen LogP) is 0.932. The van der Waals surface area contributed by atoms with Crippen molar-refractivity contribution in [3.8, 4) is 0 Å². The maximum absolute atomic E-state index is 12.3. The zero-order chi connectivity index (χ0) is 14.6. The van der Waals surface area contributed by atoms with Crippen LogP contribution in [0.5, 0.6) is 0 Å². The highest BCUT2D eigenvalue weighted by Crippen LogP contribution is 2.29. The lowest BCUT2D eigenvalue weighted by molar-refractivity contribution is -0.299. The van der Waals surface area contributed by atoms with Crippen molar-refractivity contribution >= 4 is 18.0 Å². The van der Waals surface area contributed by atoms with E-state index in [0.717, 1.165) is 37.3 Å². The highest BCUT2D eigenvalue weighted by atomic mass is 19.4. The number of aliphatic carboxylic acids is 1. The first-order chi connectivity index (χ1) is 8.70. The molecule has 1 aromatic rings. The molecule has 0 fully saturated rings. The first-order valence-corrected chi connectivity index (χ1v) is 5.08. The first kappa shape index (κ1) is 14.7. The first-order valence-electron chi connectivity index (χ1n) is 5.08. The van der Waals surface area contributed by atoms with Crippen LogP contribution in [-0.4, -0.2) is 11.9 Å². The zero-order valence-corrected chi connectivity index (χ0v) is 9.75. The van der Waals surface area contributed by atoms with Crippen LogP contribution in [0.25, 0.3) is 6.08 Å². The summed E-state index contributed by atoms with van der Waals surface area (Å²) in [7, 11) is 0. The van der Waals surface area contributed by atoms with Gasteiger partial charge < -0.3 is 15.2 Å². The Morgan fingerprint density at radius 2 is 1.74 bits per heavy atom. The summed E-state index contributed by atoms with van der Waals surface area (Å²) >= 11 is 0. The molecule has 0 aliphatic carbocycles. The second-order valence-corrected chi connectivity index (χ2v) is 3.65. The van der Waals surface area contributed by atoms with E-state index in [1.165, 1.54) is 0 Å². The zero-order valence-electron chi connectivity index (χ0n) is 9.75. The molecule has 0 aliphatic heterocycles. The molecule has 0 saturated heterocycles. The summed E-state index contributed by atoms with van der Waals surface area (Å²) in [5, 5.41) is 12.7. The van der Waals surface area contributed by atoms with E-state index in [4.69, 9.17) is 0 Å². The highest BCUT2D eigenvalue weighted by Gasteiger charge is 2.29. The largest absolute Gasteiger partial charge is 0.543 e. The molecule has 0 atom stereocenters. The lowest BCUT2D eigenvalue weighted by Gasteiger charge is -2.10. The van der Waals surface area contributed by atoms with Crippen LogP contribution in [0.15, 0.2) is 30.0 Å². The summed E-state index contributed by atoms with van der Waals surface area (Å²) in [6.07, 6.45) is -3.45. The molecule has 0 heterocycles. The predicted molar refractivity (Wildman–Crippen MR) is 58.2 cm³/mol. The number of amides is 1. The number of carbonyl (C=O) groups is 2. The topological polar surface area (TPSA) is 69.2 Å². The van der Waals surface area contributed by atoms with Gasteiger partial charge >= 0.3 is 6.18 Å². The van der Waals surface area contributed by atoms with E-state index >= 15 is 0 Å². The van der Waals surface area contributed by atoms with Crippen molar-refractivity contribution in [3.05, 3.63) is 41.1 Å². The lowest BCUT2D eigenvalue weighted by Crippen LogP contribution is -2.34. The molecular formula is C12H9F3NO3-. The molecule has 7 heteroatoms. The van der Waals surface area contributed by atoms with Gasteiger partial charge in [0.15, 0.2) is 0 Å². The maximum atomic E-state index is 12.3. The Morgan fingerprint density at radius 1 is 1.21 bits per heavy atom. The number of hydrogen-bond acceptors (Lipinski definition) is 3. The quantitative estimate of drug-likeness (QED) is 0.832. The van der Waals surface area contributed by atoms with Gasteiger partial charge in [0, 0.05) is 6.92 Å². The summed E-state index contributed by atoms with van der Waals surface area (Å²) in [5.74, 6) is -2.25. The molecule has 0 radical (unpaired) electrons. The number of hydrogen-bond donors (Lipinski definition) is 1. The van der Waals surface area contributed by atoms with Gasteiger partial charge in [0.05, 0.1) is 17.2 Å². The van der Waals surface area contributed by atoms with E-state index < -0.39 is 29.3 Å². The molecule has 0 aliphatic rings. The van der Waals surface area contributed by atoms with Crippen molar-refractivity contribution in [1.82, 2.24) is 5.32 Å². The lowest BCUT2D eigenvalue weighted by atomic mass is 10.1. The second kappa shape index (κ2) is 5.55. The Morgan fingerprint density at radius 3 is 2.11 bits per heavy atom. The van der Waals surface area contributed by atoms with Crippen molar-refractivity contribution in [3.63, 3.8) is 0 Å². The minimum Gasteiger partial charge on any atom is -0.543 e. The van der Waals surface area contributed by atoms with Crippen molar-refractivity contribution in [2.75, 3.05) is 0 Å². The molecule has 102 valence electrons. The number of benzene rings is 1. The van der Waals surface area contributed by atoms with Crippen molar-refractivity contribution < 1.29 is 27.9 Å². The van der Waals surface area contributed by atoms with Crippen LogP contribution in [0, 0.1) is 0 Å². The third kappa shape index (κ3) is 4.46. The molecule has 0 unspecified atom stereocenters. The van der Waals surface area contributed by atoms with Crippen LogP contribution in [0.1, 0.15) is 18.1 Å². The van der Waals surface area contributed by atoms with Crippen LogP contribution in [0.2, 0.25) is 0 Å². The van der Waals surface area contributed by atoms with Gasteiger partial charge in [-0.05, 0) is 23.8 Å². The molecule has 1 N–H and O–H groups in total. The summed E-state index contributed by atoms with van der Waals surface area (Å²) in [6.45, 7) is 1.10. The number of carbonyl (C=O) groups excluding carboxylic acids is 2. The normalized spacial score (nSPS) is 12.1. The molecule has 0 bridgehead atoms. The van der Waals surface area contributed by atoms with Gasteiger partial charge in [-0.15, -0.1) is 0 Å². The average Bonchev–Trinajstić information content (AvgIpc) is 2.27. The highest BCUT2D eigenvalue weighted by molar-refractivity contribution is 5.95. The molecule has 1 amide bonds. The fourth-order valence-electron chi connectivity index (χ4n) is 1.27. The van der Waals surface area contributed by atoms with Gasteiger partial charge in [0.2, 0.25) is 5.91 Å². The van der Waals surface area contributed by atoms with Gasteiger partial charge in [0.1, 0.15) is 0 Å². The number of nitrogens with one attached hydrogen (secondary N) is 1. The molecule has 19 heavy (non-hydrogen) atoms. The van der Waals surface area contributed by atoms with Gasteiger partial charge in [-0.3, -0.25) is 4.79 Å². The second-order valence-electron chi connectivity index (χ2n) is 3.65. The van der Waals surface area contributed by atoms with E-state index in [2.05, 4.69) is 0 Å². The molecule has 0 saturated carbocycles. The molecule has 1 rings (SSSR count). The number of halogens is 3. The molecule has 1 aromatic carbocycles. The van der Waals surface area contributed by atoms with Crippen LogP contribution in [0.3, 0.4) is 0 Å². The number of alkyl halides is 3. The smallest absolute Gasteiger partial charge is 0.416 e. The molecule has 0 aromatic heterocycles. The van der Waals surface area contributed by atoms with Crippen molar-refractivity contribution in [2.24, 2.45) is 0 Å². The third-order valence-corrected chi connectivity index (χ3v) is 2.08. The van der Waals surface area contributed by atoms with Gasteiger partial charge in [-0.1, -0.05) is 12.1 Å². The summed E-state index contributed by atoms with van der Waals surface area (Å²) in [4.78, 5) is 21.4. The van der Waals surface area contributed by atoms with Gasteiger partial charge in [0.25, 0.3) is 0 Å². The maximum Gasteiger partial charge on any atom is 0.416 e. The average molecular weight is 272 g/mol. The minimum atomic E-state index is -4.46. The van der Waals surface area contributed by atoms with Gasteiger partial charge in [-0.2, -0.15) is 13.2 Å². The Labute approximate surface area is 106 Å². The van der Waals surface area contributed by atoms with E-state index in [1.807, 2.05) is 5.32 Å². The van der Waals surface area contributed by atoms with Crippen LogP contribution >= 0.6 is 0 Å².